The number of benzene rings is 1. The van der Waals surface area contributed by atoms with Crippen LogP contribution >= 0.6 is 0 Å². The summed E-state index contributed by atoms with van der Waals surface area (Å²) in [5.41, 5.74) is 0.799. The highest BCUT2D eigenvalue weighted by Gasteiger charge is 2.20. The van der Waals surface area contributed by atoms with Crippen molar-refractivity contribution in [3.8, 4) is 5.75 Å². The number of hydrogen-bond donors (Lipinski definition) is 1. The molecule has 0 aliphatic heterocycles. The number of sulfonamides is 1. The van der Waals surface area contributed by atoms with Gasteiger partial charge in [0.25, 0.3) is 0 Å². The van der Waals surface area contributed by atoms with E-state index in [0.717, 1.165) is 5.56 Å². The van der Waals surface area contributed by atoms with Crippen LogP contribution in [0.3, 0.4) is 0 Å². The second kappa shape index (κ2) is 5.38. The highest BCUT2D eigenvalue weighted by atomic mass is 32.2. The van der Waals surface area contributed by atoms with Crippen LogP contribution in [0.4, 0.5) is 0 Å². The van der Waals surface area contributed by atoms with Crippen LogP contribution in [0.1, 0.15) is 5.56 Å². The predicted octanol–water partition coefficient (Wildman–Crippen LogP) is 1.61. The monoisotopic (exact) mass is 278 g/mol. The van der Waals surface area contributed by atoms with E-state index in [0.29, 0.717) is 0 Å². The van der Waals surface area contributed by atoms with Crippen LogP contribution in [0, 0.1) is 0 Å². The molecule has 0 saturated heterocycles. The number of phenols is 1. The molecule has 2 rings (SSSR count). The van der Waals surface area contributed by atoms with Gasteiger partial charge in [0.2, 0.25) is 10.0 Å². The summed E-state index contributed by atoms with van der Waals surface area (Å²) in [5, 5.41) is 9.19. The number of nitrogens with zero attached hydrogens (tertiary/aromatic N) is 2. The maximum absolute atomic E-state index is 12.2. The second-order valence-electron chi connectivity index (χ2n) is 4.12. The zero-order valence-corrected chi connectivity index (χ0v) is 11.2. The van der Waals surface area contributed by atoms with Crippen molar-refractivity contribution in [2.75, 3.05) is 7.05 Å². The molecule has 0 aliphatic rings. The smallest absolute Gasteiger partial charge is 0.244 e. The van der Waals surface area contributed by atoms with Crippen LogP contribution in [0.5, 0.6) is 5.75 Å². The number of aromatic hydroxyl groups is 1. The van der Waals surface area contributed by atoms with Gasteiger partial charge >= 0.3 is 0 Å². The number of pyridine rings is 1. The fourth-order valence-corrected chi connectivity index (χ4v) is 2.75. The highest BCUT2D eigenvalue weighted by molar-refractivity contribution is 7.89. The molecular formula is C13H14N2O3S. The molecule has 1 aromatic carbocycles. The molecule has 0 fully saturated rings. The Kier molecular flexibility index (Phi) is 3.82. The van der Waals surface area contributed by atoms with Gasteiger partial charge in [0.15, 0.2) is 0 Å². The Balaban J connectivity index is 2.20. The molecule has 1 N–H and O–H groups in total. The Hall–Kier alpha value is -1.92. The van der Waals surface area contributed by atoms with Crippen molar-refractivity contribution in [1.82, 2.24) is 9.29 Å². The van der Waals surface area contributed by atoms with Crippen molar-refractivity contribution in [2.24, 2.45) is 0 Å². The first-order valence-corrected chi connectivity index (χ1v) is 7.08. The number of phenolic OH excluding ortho intramolecular Hbond substituents is 1. The molecule has 0 atom stereocenters. The average Bonchev–Trinajstić information content (AvgIpc) is 2.42. The zero-order valence-electron chi connectivity index (χ0n) is 10.4. The SMILES string of the molecule is CN(Cc1ccc(O)cc1)S(=O)(=O)c1cccnc1. The Labute approximate surface area is 112 Å². The van der Waals surface area contributed by atoms with Gasteiger partial charge in [-0.25, -0.2) is 8.42 Å². The van der Waals surface area contributed by atoms with Crippen LogP contribution in [0.2, 0.25) is 0 Å². The van der Waals surface area contributed by atoms with E-state index in [2.05, 4.69) is 4.98 Å². The number of rotatable bonds is 4. The summed E-state index contributed by atoms with van der Waals surface area (Å²) in [6.07, 6.45) is 2.85. The Morgan fingerprint density at radius 2 is 1.89 bits per heavy atom. The van der Waals surface area contributed by atoms with Gasteiger partial charge in [-0.05, 0) is 29.8 Å². The molecule has 0 aliphatic carbocycles. The molecule has 0 bridgehead atoms. The van der Waals surface area contributed by atoms with E-state index in [1.807, 2.05) is 0 Å². The first kappa shape index (κ1) is 13.5. The second-order valence-corrected chi connectivity index (χ2v) is 6.16. The standard InChI is InChI=1S/C13H14N2O3S/c1-15(10-11-4-6-12(16)7-5-11)19(17,18)13-3-2-8-14-9-13/h2-9,16H,10H2,1H3. The minimum atomic E-state index is -3.54. The quantitative estimate of drug-likeness (QED) is 0.922. The van der Waals surface area contributed by atoms with E-state index < -0.39 is 10.0 Å². The molecule has 0 amide bonds. The lowest BCUT2D eigenvalue weighted by Gasteiger charge is -2.17. The third-order valence-corrected chi connectivity index (χ3v) is 4.47. The molecule has 0 unspecified atom stereocenters. The van der Waals surface area contributed by atoms with E-state index in [1.165, 1.54) is 41.9 Å². The molecule has 2 aromatic rings. The number of aromatic nitrogens is 1. The van der Waals surface area contributed by atoms with Crippen molar-refractivity contribution in [1.29, 1.82) is 0 Å². The van der Waals surface area contributed by atoms with Gasteiger partial charge < -0.3 is 5.11 Å². The number of hydrogen-bond acceptors (Lipinski definition) is 4. The van der Waals surface area contributed by atoms with Crippen molar-refractivity contribution in [2.45, 2.75) is 11.4 Å². The van der Waals surface area contributed by atoms with Crippen molar-refractivity contribution >= 4 is 10.0 Å². The minimum absolute atomic E-state index is 0.154. The maximum atomic E-state index is 12.2. The molecule has 0 spiro atoms. The predicted molar refractivity (Wildman–Crippen MR) is 71.0 cm³/mol. The van der Waals surface area contributed by atoms with Gasteiger partial charge in [-0.15, -0.1) is 0 Å². The summed E-state index contributed by atoms with van der Waals surface area (Å²) in [6, 6.07) is 9.52. The van der Waals surface area contributed by atoms with E-state index in [1.54, 1.807) is 18.2 Å². The largest absolute Gasteiger partial charge is 0.508 e. The fraction of sp³-hybridized carbons (Fsp3) is 0.154. The molecule has 100 valence electrons. The van der Waals surface area contributed by atoms with E-state index in [9.17, 15) is 13.5 Å². The summed E-state index contributed by atoms with van der Waals surface area (Å²) in [5.74, 6) is 0.154. The topological polar surface area (TPSA) is 70.5 Å². The molecular weight excluding hydrogens is 264 g/mol. The lowest BCUT2D eigenvalue weighted by atomic mass is 10.2. The summed E-state index contributed by atoms with van der Waals surface area (Å²) >= 11 is 0. The molecule has 19 heavy (non-hydrogen) atoms. The molecule has 1 heterocycles. The Bertz CT molecular complexity index is 639. The summed E-state index contributed by atoms with van der Waals surface area (Å²) in [6.45, 7) is 0.234. The van der Waals surface area contributed by atoms with Crippen LogP contribution < -0.4 is 0 Å². The van der Waals surface area contributed by atoms with E-state index in [-0.39, 0.29) is 17.2 Å². The Morgan fingerprint density at radius 1 is 1.21 bits per heavy atom. The van der Waals surface area contributed by atoms with E-state index >= 15 is 0 Å². The van der Waals surface area contributed by atoms with Crippen LogP contribution in [0.15, 0.2) is 53.7 Å². The average molecular weight is 278 g/mol. The van der Waals surface area contributed by atoms with Gasteiger partial charge in [-0.2, -0.15) is 4.31 Å². The van der Waals surface area contributed by atoms with Crippen molar-refractivity contribution < 1.29 is 13.5 Å². The molecule has 6 heteroatoms. The lowest BCUT2D eigenvalue weighted by molar-refractivity contribution is 0.463. The fourth-order valence-electron chi connectivity index (χ4n) is 1.62. The van der Waals surface area contributed by atoms with Gasteiger partial charge in [-0.3, -0.25) is 4.98 Å². The normalized spacial score (nSPS) is 11.7. The first-order chi connectivity index (χ1) is 9.00. The summed E-state index contributed by atoms with van der Waals surface area (Å²) in [7, 11) is -2.03. The Morgan fingerprint density at radius 3 is 2.47 bits per heavy atom. The van der Waals surface area contributed by atoms with Crippen molar-refractivity contribution in [3.63, 3.8) is 0 Å². The van der Waals surface area contributed by atoms with Gasteiger partial charge in [0, 0.05) is 26.0 Å². The maximum Gasteiger partial charge on any atom is 0.244 e. The summed E-state index contributed by atoms with van der Waals surface area (Å²) in [4.78, 5) is 3.98. The van der Waals surface area contributed by atoms with Crippen LogP contribution in [-0.4, -0.2) is 29.9 Å². The highest BCUT2D eigenvalue weighted by Crippen LogP contribution is 2.17. The molecule has 0 radical (unpaired) electrons. The molecule has 1 aromatic heterocycles. The van der Waals surface area contributed by atoms with Gasteiger partial charge in [0.1, 0.15) is 10.6 Å². The molecule has 0 saturated carbocycles. The molecule has 5 nitrogen and oxygen atoms in total. The van der Waals surface area contributed by atoms with Crippen molar-refractivity contribution in [3.05, 3.63) is 54.4 Å². The first-order valence-electron chi connectivity index (χ1n) is 5.64. The van der Waals surface area contributed by atoms with Crippen LogP contribution in [-0.2, 0) is 16.6 Å². The third-order valence-electron chi connectivity index (χ3n) is 2.68. The minimum Gasteiger partial charge on any atom is -0.508 e. The summed E-state index contributed by atoms with van der Waals surface area (Å²) < 4.78 is 25.7. The van der Waals surface area contributed by atoms with Gasteiger partial charge in [-0.1, -0.05) is 12.1 Å². The third kappa shape index (κ3) is 3.10. The zero-order chi connectivity index (χ0) is 13.9. The van der Waals surface area contributed by atoms with Crippen LogP contribution in [0.25, 0.3) is 0 Å². The van der Waals surface area contributed by atoms with Gasteiger partial charge in [0.05, 0.1) is 0 Å². The lowest BCUT2D eigenvalue weighted by Crippen LogP contribution is -2.26. The van der Waals surface area contributed by atoms with E-state index in [4.69, 9.17) is 0 Å².